The molecule has 0 amide bonds. The molecule has 6 nitrogen and oxygen atoms in total. The lowest BCUT2D eigenvalue weighted by atomic mass is 9.67. The Bertz CT molecular complexity index is 6340. The van der Waals surface area contributed by atoms with Crippen molar-refractivity contribution in [1.29, 1.82) is 0 Å². The fourth-order valence-corrected chi connectivity index (χ4v) is 17.3. The van der Waals surface area contributed by atoms with Gasteiger partial charge < -0.3 is 28.1 Å². The molecule has 10 heteroatoms. The number of benzene rings is 16. The largest absolute Gasteiger partial charge is 0.457 e. The molecule has 0 aliphatic heterocycles. The van der Waals surface area contributed by atoms with Gasteiger partial charge in [-0.15, -0.1) is 0 Å². The van der Waals surface area contributed by atoms with Gasteiger partial charge in [0, 0.05) is 78.9 Å². The molecule has 18 aromatic rings. The summed E-state index contributed by atoms with van der Waals surface area (Å²) in [6.45, 7) is 7.78. The second-order valence-corrected chi connectivity index (χ2v) is 28.4. The van der Waals surface area contributed by atoms with E-state index in [1.54, 1.807) is 12.2 Å². The Balaban J connectivity index is 0.711. The Labute approximate surface area is 643 Å². The first-order chi connectivity index (χ1) is 55.0. The Morgan fingerprint density at radius 3 is 0.964 bits per heavy atom. The first-order valence-electron chi connectivity index (χ1n) is 37.1. The highest BCUT2D eigenvalue weighted by Crippen LogP contribution is 2.61. The maximum absolute atomic E-state index is 17.3. The third kappa shape index (κ3) is 10.8. The summed E-state index contributed by atoms with van der Waals surface area (Å²) < 4.78 is 95.3. The summed E-state index contributed by atoms with van der Waals surface area (Å²) in [7, 11) is 0. The third-order valence-electron chi connectivity index (χ3n) is 22.4. The highest BCUT2D eigenvalue weighted by molar-refractivity contribution is 6.08. The van der Waals surface area contributed by atoms with Crippen LogP contribution in [0, 0.1) is 23.3 Å². The monoisotopic (exact) mass is 1460 g/mol. The van der Waals surface area contributed by atoms with Crippen LogP contribution in [0.25, 0.3) is 89.4 Å². The topological polar surface area (TPSA) is 51.2 Å². The van der Waals surface area contributed by atoms with Crippen LogP contribution < -0.4 is 19.3 Å². The average Bonchev–Trinajstić information content (AvgIpc) is 1.60. The second kappa shape index (κ2) is 26.7. The van der Waals surface area contributed by atoms with Gasteiger partial charge in [-0.25, -0.2) is 17.6 Å². The number of halogens is 4. The van der Waals surface area contributed by atoms with Crippen molar-refractivity contribution in [1.82, 2.24) is 0 Å². The van der Waals surface area contributed by atoms with Crippen molar-refractivity contribution in [3.05, 3.63) is 444 Å². The van der Waals surface area contributed by atoms with Crippen LogP contribution in [0.1, 0.15) is 55.6 Å². The summed E-state index contributed by atoms with van der Waals surface area (Å²) in [5, 5.41) is 3.89. The molecule has 112 heavy (non-hydrogen) atoms. The van der Waals surface area contributed by atoms with Crippen LogP contribution in [-0.2, 0) is 10.8 Å². The zero-order valence-corrected chi connectivity index (χ0v) is 60.1. The normalized spacial score (nSPS) is 14.6. The number of ether oxygens (including phenoxy) is 2. The van der Waals surface area contributed by atoms with Crippen molar-refractivity contribution in [3.8, 4) is 56.4 Å². The molecule has 0 N–H and O–H groups in total. The smallest absolute Gasteiger partial charge is 0.137 e. The quantitative estimate of drug-likeness (QED) is 0.0847. The number of anilines is 6. The van der Waals surface area contributed by atoms with Crippen LogP contribution in [0.5, 0.6) is 23.0 Å². The van der Waals surface area contributed by atoms with E-state index in [4.69, 9.17) is 18.3 Å². The number of hydrogen-bond donors (Lipinski definition) is 0. The molecule has 2 unspecified atom stereocenters. The van der Waals surface area contributed by atoms with E-state index in [2.05, 4.69) is 144 Å². The molecule has 2 heterocycles. The highest BCUT2D eigenvalue weighted by Gasteiger charge is 2.51. The first kappa shape index (κ1) is 66.9. The minimum absolute atomic E-state index is 0.0963. The molecule has 0 spiro atoms. The Morgan fingerprint density at radius 2 is 0.580 bits per heavy atom. The van der Waals surface area contributed by atoms with Gasteiger partial charge in [-0.05, 0) is 236 Å². The summed E-state index contributed by atoms with van der Waals surface area (Å²) in [5.41, 5.74) is 15.6. The summed E-state index contributed by atoms with van der Waals surface area (Å²) in [6, 6.07) is 112. The predicted octanol–water partition coefficient (Wildman–Crippen LogP) is 28.2. The molecule has 0 saturated carbocycles. The highest BCUT2D eigenvalue weighted by atomic mass is 19.1. The van der Waals surface area contributed by atoms with E-state index >= 15 is 17.6 Å². The number of hydrogen-bond acceptors (Lipinski definition) is 6. The fraction of sp³-hybridized carbons (Fsp3) is 0.0196. The molecule has 16 aromatic carbocycles. The minimum Gasteiger partial charge on any atom is -0.457 e. The number of rotatable bonds is 17. The van der Waals surface area contributed by atoms with Crippen molar-refractivity contribution < 1.29 is 35.9 Å². The van der Waals surface area contributed by atoms with Gasteiger partial charge in [-0.2, -0.15) is 0 Å². The maximum atomic E-state index is 17.3. The van der Waals surface area contributed by atoms with Gasteiger partial charge in [0.1, 0.15) is 68.6 Å². The van der Waals surface area contributed by atoms with Gasteiger partial charge in [-0.1, -0.05) is 207 Å². The summed E-state index contributed by atoms with van der Waals surface area (Å²) >= 11 is 0. The Hall–Kier alpha value is -14.5. The first-order valence-corrected chi connectivity index (χ1v) is 37.1. The molecule has 0 radical (unpaired) electrons. The predicted molar refractivity (Wildman–Crippen MR) is 443 cm³/mol. The van der Waals surface area contributed by atoms with Gasteiger partial charge in [-0.3, -0.25) is 0 Å². The SMILES string of the molecule is C=Cc1ccc(Oc2ccc(C3(c4c(F)cccc4F)c4ccccc4-c4ccc(N(c5ccc(-c6ccc(N(c7ccc8c(c7)C(c7ccc(Oc9ccc(C=C)cc9)cc7)(c7c(F)cccc7F)c7ccccc7-8)c7ccc8c(c7)oc7ccccc78)cc6)cc5)c5ccc6c(c5)oc5ccccc56)cc43)cc2)cc1. The van der Waals surface area contributed by atoms with Crippen molar-refractivity contribution in [2.24, 2.45) is 0 Å². The van der Waals surface area contributed by atoms with Gasteiger partial charge in [0.2, 0.25) is 0 Å². The van der Waals surface area contributed by atoms with Crippen LogP contribution in [0.15, 0.2) is 374 Å². The molecule has 0 fully saturated rings. The van der Waals surface area contributed by atoms with Gasteiger partial charge in [0.05, 0.1) is 10.8 Å². The molecular weight excluding hydrogens is 1390 g/mol. The van der Waals surface area contributed by atoms with Crippen LogP contribution in [0.3, 0.4) is 0 Å². The third-order valence-corrected chi connectivity index (χ3v) is 22.4. The van der Waals surface area contributed by atoms with Crippen molar-refractivity contribution >= 4 is 90.2 Å². The summed E-state index contributed by atoms with van der Waals surface area (Å²) in [4.78, 5) is 4.32. The van der Waals surface area contributed by atoms with E-state index in [1.807, 2.05) is 194 Å². The Morgan fingerprint density at radius 1 is 0.268 bits per heavy atom. The van der Waals surface area contributed by atoms with E-state index in [0.29, 0.717) is 56.4 Å². The minimum atomic E-state index is -1.50. The van der Waals surface area contributed by atoms with Gasteiger partial charge in [0.25, 0.3) is 0 Å². The summed E-state index contributed by atoms with van der Waals surface area (Å²) in [5.74, 6) is -0.378. The Kier molecular flexibility index (Phi) is 16.0. The lowest BCUT2D eigenvalue weighted by Crippen LogP contribution is -2.31. The number of furan rings is 2. The molecule has 0 bridgehead atoms. The van der Waals surface area contributed by atoms with Crippen LogP contribution in [-0.4, -0.2) is 0 Å². The van der Waals surface area contributed by atoms with E-state index in [1.165, 1.54) is 36.4 Å². The lowest BCUT2D eigenvalue weighted by Gasteiger charge is -2.35. The zero-order chi connectivity index (χ0) is 75.3. The maximum Gasteiger partial charge on any atom is 0.137 e. The van der Waals surface area contributed by atoms with E-state index in [-0.39, 0.29) is 11.1 Å². The van der Waals surface area contributed by atoms with Gasteiger partial charge in [0.15, 0.2) is 0 Å². The molecule has 2 aliphatic carbocycles. The van der Waals surface area contributed by atoms with E-state index in [9.17, 15) is 0 Å². The van der Waals surface area contributed by atoms with E-state index in [0.717, 1.165) is 122 Å². The number of para-hydroxylation sites is 2. The average molecular weight is 1460 g/mol. The molecule has 2 atom stereocenters. The molecular formula is C102H64F4N2O4. The van der Waals surface area contributed by atoms with E-state index < -0.39 is 34.1 Å². The van der Waals surface area contributed by atoms with Crippen molar-refractivity contribution in [2.75, 3.05) is 9.80 Å². The molecule has 20 rings (SSSR count). The van der Waals surface area contributed by atoms with Crippen LogP contribution in [0.2, 0.25) is 0 Å². The second-order valence-electron chi connectivity index (χ2n) is 28.4. The molecule has 2 aliphatic rings. The van der Waals surface area contributed by atoms with Gasteiger partial charge >= 0.3 is 0 Å². The molecule has 2 aromatic heterocycles. The molecule has 0 saturated heterocycles. The summed E-state index contributed by atoms with van der Waals surface area (Å²) in [6.07, 6.45) is 3.54. The fourth-order valence-electron chi connectivity index (χ4n) is 17.3. The standard InChI is InChI=1S/C102H64F4N2O4/c1-3-63-27-47-75(48-28-63)109-77-51-35-67(36-52-77)101(99-91(103)21-13-22-92(99)104)87-19-9-5-15-79(87)81-55-43-71(59-89(81)101)107(73-45-57-85-83-17-7-11-25-95(83)111-97(85)61-73)69-39-31-65(32-40-69)66-33-41-70(42-34-66)108(74-46-58-86-84-18-8-12-26-96(84)112-98(86)62-74)72-44-56-82-80-16-6-10-20-88(80)102(90(82)60-72,100-93(105)23-14-24-94(100)106)68-37-53-78(54-38-68)110-76-49-29-64(4-2)30-50-76/h3-62H,1-2H2. The van der Waals surface area contributed by atoms with Crippen molar-refractivity contribution in [2.45, 2.75) is 10.8 Å². The number of nitrogens with zero attached hydrogens (tertiary/aromatic N) is 2. The number of fused-ring (bicyclic) bond motifs is 12. The zero-order valence-electron chi connectivity index (χ0n) is 60.1. The van der Waals surface area contributed by atoms with Crippen LogP contribution in [0.4, 0.5) is 51.7 Å². The van der Waals surface area contributed by atoms with Crippen molar-refractivity contribution in [3.63, 3.8) is 0 Å². The molecule has 534 valence electrons. The van der Waals surface area contributed by atoms with Crippen LogP contribution >= 0.6 is 0 Å². The lowest BCUT2D eigenvalue weighted by molar-refractivity contribution is 0.481.